The second-order valence-corrected chi connectivity index (χ2v) is 2.67. The van der Waals surface area contributed by atoms with Gasteiger partial charge in [-0.15, -0.1) is 0 Å². The van der Waals surface area contributed by atoms with Crippen molar-refractivity contribution in [3.63, 3.8) is 0 Å². The second kappa shape index (κ2) is 4.40. The van der Waals surface area contributed by atoms with E-state index >= 15 is 0 Å². The third-order valence-corrected chi connectivity index (χ3v) is 1.74. The lowest BCUT2D eigenvalue weighted by Gasteiger charge is -2.03. The summed E-state index contributed by atoms with van der Waals surface area (Å²) in [4.78, 5) is 10.3. The van der Waals surface area contributed by atoms with E-state index in [9.17, 15) is 10.1 Å². The molecule has 1 aromatic carbocycles. The highest BCUT2D eigenvalue weighted by molar-refractivity contribution is 5.20. The Balaban J connectivity index is 2.96. The molecular formula is C10H11NO2. The second-order valence-electron chi connectivity index (χ2n) is 2.67. The molecule has 0 saturated heterocycles. The molecule has 0 heterocycles. The molecule has 0 fully saturated rings. The van der Waals surface area contributed by atoms with Gasteiger partial charge in [-0.3, -0.25) is 10.1 Å². The van der Waals surface area contributed by atoms with Crippen LogP contribution in [0.25, 0.3) is 0 Å². The quantitative estimate of drug-likeness (QED) is 0.404. The van der Waals surface area contributed by atoms with Crippen LogP contribution in [0, 0.1) is 10.1 Å². The molecule has 1 rings (SSSR count). The van der Waals surface area contributed by atoms with Gasteiger partial charge in [-0.05, 0) is 13.0 Å². The van der Waals surface area contributed by atoms with Gasteiger partial charge in [0.2, 0.25) is 0 Å². The SMILES string of the molecule is C/C=C/[C@@H](c1ccccc1)[N+](=O)[O-]. The van der Waals surface area contributed by atoms with E-state index in [2.05, 4.69) is 0 Å². The maximum atomic E-state index is 10.6. The van der Waals surface area contributed by atoms with Gasteiger partial charge >= 0.3 is 0 Å². The summed E-state index contributed by atoms with van der Waals surface area (Å²) in [5.41, 5.74) is 0.714. The van der Waals surface area contributed by atoms with Crippen LogP contribution >= 0.6 is 0 Å². The fourth-order valence-corrected chi connectivity index (χ4v) is 1.14. The van der Waals surface area contributed by atoms with E-state index in [0.717, 1.165) is 0 Å². The van der Waals surface area contributed by atoms with Gasteiger partial charge < -0.3 is 0 Å². The zero-order valence-electron chi connectivity index (χ0n) is 7.38. The Hall–Kier alpha value is -1.64. The van der Waals surface area contributed by atoms with E-state index in [1.165, 1.54) is 0 Å². The molecule has 68 valence electrons. The Kier molecular flexibility index (Phi) is 3.20. The first-order chi connectivity index (χ1) is 6.25. The molecule has 0 aliphatic rings. The first-order valence-electron chi connectivity index (χ1n) is 4.07. The van der Waals surface area contributed by atoms with Crippen molar-refractivity contribution in [2.75, 3.05) is 0 Å². The van der Waals surface area contributed by atoms with Crippen LogP contribution in [0.3, 0.4) is 0 Å². The molecule has 3 nitrogen and oxygen atoms in total. The van der Waals surface area contributed by atoms with Gasteiger partial charge in [0.15, 0.2) is 0 Å². The number of hydrogen-bond acceptors (Lipinski definition) is 2. The van der Waals surface area contributed by atoms with Crippen molar-refractivity contribution in [3.8, 4) is 0 Å². The number of hydrogen-bond donors (Lipinski definition) is 0. The summed E-state index contributed by atoms with van der Waals surface area (Å²) in [6, 6.07) is 8.24. The predicted octanol–water partition coefficient (Wildman–Crippen LogP) is 2.58. The van der Waals surface area contributed by atoms with Gasteiger partial charge in [-0.1, -0.05) is 36.4 Å². The van der Waals surface area contributed by atoms with E-state index in [0.29, 0.717) is 5.56 Å². The van der Waals surface area contributed by atoms with Gasteiger partial charge in [0.1, 0.15) is 0 Å². The number of nitrogens with zero attached hydrogens (tertiary/aromatic N) is 1. The zero-order valence-corrected chi connectivity index (χ0v) is 7.38. The van der Waals surface area contributed by atoms with Gasteiger partial charge in [0.25, 0.3) is 6.04 Å². The molecule has 0 saturated carbocycles. The minimum absolute atomic E-state index is 0.296. The molecule has 0 aliphatic heterocycles. The lowest BCUT2D eigenvalue weighted by atomic mass is 10.1. The molecule has 0 bridgehead atoms. The van der Waals surface area contributed by atoms with Gasteiger partial charge in [0, 0.05) is 10.5 Å². The summed E-state index contributed by atoms with van der Waals surface area (Å²) < 4.78 is 0. The molecule has 0 radical (unpaired) electrons. The van der Waals surface area contributed by atoms with Crippen molar-refractivity contribution in [3.05, 3.63) is 58.2 Å². The van der Waals surface area contributed by atoms with Gasteiger partial charge in [-0.25, -0.2) is 0 Å². The van der Waals surface area contributed by atoms with E-state index in [1.807, 2.05) is 6.07 Å². The number of rotatable bonds is 3. The Labute approximate surface area is 76.9 Å². The number of nitro groups is 1. The lowest BCUT2D eigenvalue weighted by molar-refractivity contribution is -0.515. The Morgan fingerprint density at radius 3 is 2.46 bits per heavy atom. The molecule has 1 atom stereocenters. The van der Waals surface area contributed by atoms with Crippen molar-refractivity contribution < 1.29 is 4.92 Å². The molecule has 0 aliphatic carbocycles. The standard InChI is InChI=1S/C10H11NO2/c1-2-6-10(11(12)13)9-7-4-3-5-8-9/h2-8,10H,1H3/b6-2+/t10-/m0/s1. The Bertz CT molecular complexity index is 306. The van der Waals surface area contributed by atoms with Crippen LogP contribution in [0.4, 0.5) is 0 Å². The molecule has 3 heteroatoms. The van der Waals surface area contributed by atoms with E-state index < -0.39 is 6.04 Å². The third-order valence-electron chi connectivity index (χ3n) is 1.74. The summed E-state index contributed by atoms with van der Waals surface area (Å²) in [5.74, 6) is 0. The smallest absolute Gasteiger partial charge is 0.256 e. The van der Waals surface area contributed by atoms with E-state index in [1.54, 1.807) is 43.3 Å². The van der Waals surface area contributed by atoms with Gasteiger partial charge in [-0.2, -0.15) is 0 Å². The predicted molar refractivity (Wildman–Crippen MR) is 51.0 cm³/mol. The molecule has 0 aromatic heterocycles. The lowest BCUT2D eigenvalue weighted by Crippen LogP contribution is -2.06. The Morgan fingerprint density at radius 2 is 2.00 bits per heavy atom. The average molecular weight is 177 g/mol. The monoisotopic (exact) mass is 177 g/mol. The molecule has 1 aromatic rings. The van der Waals surface area contributed by atoms with Crippen molar-refractivity contribution in [2.45, 2.75) is 13.0 Å². The van der Waals surface area contributed by atoms with Crippen LogP contribution < -0.4 is 0 Å². The highest BCUT2D eigenvalue weighted by atomic mass is 16.6. The molecular weight excluding hydrogens is 166 g/mol. The zero-order chi connectivity index (χ0) is 9.68. The Morgan fingerprint density at radius 1 is 1.38 bits per heavy atom. The third kappa shape index (κ3) is 2.40. The molecule has 0 N–H and O–H groups in total. The van der Waals surface area contributed by atoms with Crippen molar-refractivity contribution >= 4 is 0 Å². The summed E-state index contributed by atoms with van der Waals surface area (Å²) >= 11 is 0. The van der Waals surface area contributed by atoms with Crippen molar-refractivity contribution in [1.82, 2.24) is 0 Å². The fraction of sp³-hybridized carbons (Fsp3) is 0.200. The maximum Gasteiger partial charge on any atom is 0.256 e. The summed E-state index contributed by atoms with van der Waals surface area (Å²) in [6.45, 7) is 1.78. The first-order valence-corrected chi connectivity index (χ1v) is 4.07. The maximum absolute atomic E-state index is 10.6. The number of benzene rings is 1. The van der Waals surface area contributed by atoms with Crippen LogP contribution in [0.1, 0.15) is 18.5 Å². The van der Waals surface area contributed by atoms with Gasteiger partial charge in [0.05, 0.1) is 0 Å². The molecule has 13 heavy (non-hydrogen) atoms. The average Bonchev–Trinajstić information content (AvgIpc) is 2.15. The van der Waals surface area contributed by atoms with Crippen LogP contribution in [-0.4, -0.2) is 4.92 Å². The number of allylic oxidation sites excluding steroid dienone is 1. The van der Waals surface area contributed by atoms with Crippen molar-refractivity contribution in [1.29, 1.82) is 0 Å². The largest absolute Gasteiger partial charge is 0.264 e. The highest BCUT2D eigenvalue weighted by Gasteiger charge is 2.17. The van der Waals surface area contributed by atoms with Crippen LogP contribution in [0.5, 0.6) is 0 Å². The fourth-order valence-electron chi connectivity index (χ4n) is 1.14. The minimum Gasteiger partial charge on any atom is -0.264 e. The van der Waals surface area contributed by atoms with E-state index in [-0.39, 0.29) is 4.92 Å². The summed E-state index contributed by atoms with van der Waals surface area (Å²) in [5, 5.41) is 10.6. The minimum atomic E-state index is -0.716. The molecule has 0 unspecified atom stereocenters. The van der Waals surface area contributed by atoms with Crippen LogP contribution in [-0.2, 0) is 0 Å². The summed E-state index contributed by atoms with van der Waals surface area (Å²) in [6.07, 6.45) is 3.27. The first kappa shape index (κ1) is 9.45. The normalized spacial score (nSPS) is 13.0. The topological polar surface area (TPSA) is 43.1 Å². The highest BCUT2D eigenvalue weighted by Crippen LogP contribution is 2.16. The summed E-state index contributed by atoms with van der Waals surface area (Å²) in [7, 11) is 0. The van der Waals surface area contributed by atoms with Crippen molar-refractivity contribution in [2.24, 2.45) is 0 Å². The van der Waals surface area contributed by atoms with Crippen LogP contribution in [0.2, 0.25) is 0 Å². The van der Waals surface area contributed by atoms with Crippen LogP contribution in [0.15, 0.2) is 42.5 Å². The van der Waals surface area contributed by atoms with E-state index in [4.69, 9.17) is 0 Å². The molecule has 0 amide bonds. The molecule has 0 spiro atoms.